The molecule has 5 nitrogen and oxygen atoms in total. The highest BCUT2D eigenvalue weighted by atomic mass is 16.3. The molecule has 5 heteroatoms. The van der Waals surface area contributed by atoms with Crippen molar-refractivity contribution in [3.05, 3.63) is 78.4 Å². The number of hydrogen-bond donors (Lipinski definition) is 1. The fourth-order valence-electron chi connectivity index (χ4n) is 2.06. The normalized spacial score (nSPS) is 11.4. The van der Waals surface area contributed by atoms with Crippen molar-refractivity contribution < 1.29 is 5.11 Å². The van der Waals surface area contributed by atoms with Gasteiger partial charge in [-0.25, -0.2) is 0 Å². The number of rotatable bonds is 4. The van der Waals surface area contributed by atoms with Crippen molar-refractivity contribution in [2.75, 3.05) is 0 Å². The molecule has 0 fully saturated rings. The van der Waals surface area contributed by atoms with Crippen LogP contribution in [0.15, 0.2) is 93.3 Å². The molecule has 0 bridgehead atoms. The van der Waals surface area contributed by atoms with Gasteiger partial charge < -0.3 is 5.11 Å². The summed E-state index contributed by atoms with van der Waals surface area (Å²) < 4.78 is 0. The maximum Gasteiger partial charge on any atom is 0.115 e. The molecule has 3 aromatic carbocycles. The minimum Gasteiger partial charge on any atom is -0.508 e. The van der Waals surface area contributed by atoms with E-state index in [0.29, 0.717) is 0 Å². The van der Waals surface area contributed by atoms with Crippen molar-refractivity contribution in [3.63, 3.8) is 0 Å². The lowest BCUT2D eigenvalue weighted by molar-refractivity contribution is 0.475. The van der Waals surface area contributed by atoms with Gasteiger partial charge in [0.2, 0.25) is 0 Å². The standard InChI is InChI=1S/C19H16N4O/c1-14-13-18(24)11-12-19(14)23-22-17-9-7-16(8-10-17)21-20-15-5-3-2-4-6-15/h2-13,24H,1H3. The predicted octanol–water partition coefficient (Wildman–Crippen LogP) is 6.53. The van der Waals surface area contributed by atoms with E-state index in [-0.39, 0.29) is 5.75 Å². The van der Waals surface area contributed by atoms with Crippen LogP contribution in [0.3, 0.4) is 0 Å². The van der Waals surface area contributed by atoms with Gasteiger partial charge in [-0.15, -0.1) is 0 Å². The number of nitrogens with zero attached hydrogens (tertiary/aromatic N) is 4. The summed E-state index contributed by atoms with van der Waals surface area (Å²) in [5.41, 5.74) is 3.87. The molecule has 0 saturated carbocycles. The summed E-state index contributed by atoms with van der Waals surface area (Å²) >= 11 is 0. The second-order valence-corrected chi connectivity index (χ2v) is 5.22. The van der Waals surface area contributed by atoms with Gasteiger partial charge in [-0.3, -0.25) is 0 Å². The molecule has 3 aromatic rings. The molecule has 0 aliphatic heterocycles. The van der Waals surface area contributed by atoms with E-state index >= 15 is 0 Å². The molecule has 118 valence electrons. The van der Waals surface area contributed by atoms with Crippen molar-refractivity contribution in [2.45, 2.75) is 6.92 Å². The first kappa shape index (κ1) is 15.6. The Hall–Kier alpha value is -3.34. The van der Waals surface area contributed by atoms with Gasteiger partial charge in [0.15, 0.2) is 0 Å². The van der Waals surface area contributed by atoms with Crippen LogP contribution in [-0.4, -0.2) is 5.11 Å². The van der Waals surface area contributed by atoms with E-state index in [9.17, 15) is 5.11 Å². The highest BCUT2D eigenvalue weighted by Gasteiger charge is 1.98. The van der Waals surface area contributed by atoms with Crippen LogP contribution >= 0.6 is 0 Å². The maximum absolute atomic E-state index is 9.39. The van der Waals surface area contributed by atoms with Gasteiger partial charge in [0.25, 0.3) is 0 Å². The van der Waals surface area contributed by atoms with Gasteiger partial charge in [0.05, 0.1) is 22.7 Å². The second kappa shape index (κ2) is 7.28. The molecule has 0 radical (unpaired) electrons. The maximum atomic E-state index is 9.39. The molecule has 0 aromatic heterocycles. The highest BCUT2D eigenvalue weighted by Crippen LogP contribution is 2.26. The Morgan fingerprint density at radius 3 is 1.75 bits per heavy atom. The lowest BCUT2D eigenvalue weighted by Crippen LogP contribution is -1.73. The van der Waals surface area contributed by atoms with Crippen molar-refractivity contribution in [2.24, 2.45) is 20.5 Å². The summed E-state index contributed by atoms with van der Waals surface area (Å²) in [5.74, 6) is 0.222. The first-order chi connectivity index (χ1) is 11.7. The summed E-state index contributed by atoms with van der Waals surface area (Å²) in [7, 11) is 0. The predicted molar refractivity (Wildman–Crippen MR) is 94.1 cm³/mol. The highest BCUT2D eigenvalue weighted by molar-refractivity contribution is 5.50. The van der Waals surface area contributed by atoms with Crippen molar-refractivity contribution in [3.8, 4) is 5.75 Å². The molecule has 0 amide bonds. The molecular formula is C19H16N4O. The molecule has 24 heavy (non-hydrogen) atoms. The summed E-state index contributed by atoms with van der Waals surface area (Å²) in [6.07, 6.45) is 0. The lowest BCUT2D eigenvalue weighted by atomic mass is 10.2. The number of phenols is 1. The first-order valence-electron chi connectivity index (χ1n) is 7.49. The number of aryl methyl sites for hydroxylation is 1. The minimum absolute atomic E-state index is 0.222. The van der Waals surface area contributed by atoms with Crippen LogP contribution in [0.4, 0.5) is 22.7 Å². The number of phenolic OH excluding ortho intramolecular Hbond substituents is 1. The molecule has 1 N–H and O–H groups in total. The average Bonchev–Trinajstić information content (AvgIpc) is 2.61. The third-order valence-corrected chi connectivity index (χ3v) is 3.34. The van der Waals surface area contributed by atoms with Gasteiger partial charge in [0.1, 0.15) is 5.75 Å². The Morgan fingerprint density at radius 2 is 1.17 bits per heavy atom. The average molecular weight is 316 g/mol. The number of benzene rings is 3. The quantitative estimate of drug-likeness (QED) is 0.546. The molecule has 0 aliphatic rings. The summed E-state index contributed by atoms with van der Waals surface area (Å²) in [6, 6.07) is 21.9. The van der Waals surface area contributed by atoms with Crippen LogP contribution in [0.1, 0.15) is 5.56 Å². The summed E-state index contributed by atoms with van der Waals surface area (Å²) in [5, 5.41) is 26.1. The summed E-state index contributed by atoms with van der Waals surface area (Å²) in [4.78, 5) is 0. The summed E-state index contributed by atoms with van der Waals surface area (Å²) in [6.45, 7) is 1.88. The third kappa shape index (κ3) is 4.10. The molecular weight excluding hydrogens is 300 g/mol. The first-order valence-corrected chi connectivity index (χ1v) is 7.49. The smallest absolute Gasteiger partial charge is 0.115 e. The fraction of sp³-hybridized carbons (Fsp3) is 0.0526. The molecule has 0 spiro atoms. The number of azo groups is 2. The Kier molecular flexibility index (Phi) is 4.72. The zero-order chi connectivity index (χ0) is 16.8. The van der Waals surface area contributed by atoms with Crippen LogP contribution in [-0.2, 0) is 0 Å². The van der Waals surface area contributed by atoms with Crippen LogP contribution < -0.4 is 0 Å². The van der Waals surface area contributed by atoms with Gasteiger partial charge in [-0.1, -0.05) is 18.2 Å². The van der Waals surface area contributed by atoms with Crippen molar-refractivity contribution in [1.82, 2.24) is 0 Å². The second-order valence-electron chi connectivity index (χ2n) is 5.22. The SMILES string of the molecule is Cc1cc(O)ccc1N=Nc1ccc(N=Nc2ccccc2)cc1. The van der Waals surface area contributed by atoms with E-state index in [1.54, 1.807) is 18.2 Å². The Labute approximate surface area is 140 Å². The third-order valence-electron chi connectivity index (χ3n) is 3.34. The van der Waals surface area contributed by atoms with E-state index in [2.05, 4.69) is 20.5 Å². The fourth-order valence-corrected chi connectivity index (χ4v) is 2.06. The Bertz CT molecular complexity index is 872. The van der Waals surface area contributed by atoms with Crippen LogP contribution in [0, 0.1) is 6.92 Å². The Balaban J connectivity index is 1.70. The van der Waals surface area contributed by atoms with Crippen LogP contribution in [0.5, 0.6) is 5.75 Å². The zero-order valence-electron chi connectivity index (χ0n) is 13.2. The minimum atomic E-state index is 0.222. The van der Waals surface area contributed by atoms with Crippen LogP contribution in [0.2, 0.25) is 0 Å². The molecule has 0 saturated heterocycles. The molecule has 0 aliphatic carbocycles. The molecule has 0 unspecified atom stereocenters. The molecule has 0 heterocycles. The Morgan fingerprint density at radius 1 is 0.625 bits per heavy atom. The van der Waals surface area contributed by atoms with E-state index < -0.39 is 0 Å². The number of hydrogen-bond acceptors (Lipinski definition) is 5. The monoisotopic (exact) mass is 316 g/mol. The number of aromatic hydroxyl groups is 1. The zero-order valence-corrected chi connectivity index (χ0v) is 13.2. The van der Waals surface area contributed by atoms with E-state index in [0.717, 1.165) is 28.3 Å². The van der Waals surface area contributed by atoms with Gasteiger partial charge in [0, 0.05) is 0 Å². The van der Waals surface area contributed by atoms with Crippen molar-refractivity contribution in [1.29, 1.82) is 0 Å². The largest absolute Gasteiger partial charge is 0.508 e. The van der Waals surface area contributed by atoms with E-state index in [1.165, 1.54) is 0 Å². The van der Waals surface area contributed by atoms with Gasteiger partial charge in [-0.2, -0.15) is 20.5 Å². The lowest BCUT2D eigenvalue weighted by Gasteiger charge is -1.99. The van der Waals surface area contributed by atoms with Gasteiger partial charge in [-0.05, 0) is 67.1 Å². The topological polar surface area (TPSA) is 69.7 Å². The van der Waals surface area contributed by atoms with Crippen molar-refractivity contribution >= 4 is 22.7 Å². The van der Waals surface area contributed by atoms with Crippen LogP contribution in [0.25, 0.3) is 0 Å². The van der Waals surface area contributed by atoms with E-state index in [1.807, 2.05) is 61.5 Å². The van der Waals surface area contributed by atoms with E-state index in [4.69, 9.17) is 0 Å². The molecule has 3 rings (SSSR count). The molecule has 0 atom stereocenters. The van der Waals surface area contributed by atoms with Gasteiger partial charge >= 0.3 is 0 Å².